The molecule has 2 amide bonds. The van der Waals surface area contributed by atoms with Crippen molar-refractivity contribution in [2.24, 2.45) is 5.73 Å². The van der Waals surface area contributed by atoms with Crippen LogP contribution in [0.1, 0.15) is 22.3 Å². The molecule has 5 N–H and O–H groups in total. The SMILES string of the molecule is NC(=O)c1ccc(NC(=O)CCc2cccc(N)c2)cc1. The van der Waals surface area contributed by atoms with Gasteiger partial charge in [0.25, 0.3) is 0 Å². The standard InChI is InChI=1S/C16H17N3O2/c17-13-3-1-2-11(10-13)4-9-15(20)19-14-7-5-12(6-8-14)16(18)21/h1-3,5-8,10H,4,9,17H2,(H2,18,21)(H,19,20). The minimum atomic E-state index is -0.491. The van der Waals surface area contributed by atoms with Crippen molar-refractivity contribution in [1.29, 1.82) is 0 Å². The molecule has 0 aliphatic carbocycles. The Bertz CT molecular complexity index is 651. The number of carbonyl (C=O) groups excluding carboxylic acids is 2. The molecule has 5 heteroatoms. The lowest BCUT2D eigenvalue weighted by Crippen LogP contribution is -2.13. The summed E-state index contributed by atoms with van der Waals surface area (Å²) in [7, 11) is 0. The first-order chi connectivity index (χ1) is 10.0. The number of nitrogen functional groups attached to an aromatic ring is 1. The predicted molar refractivity (Wildman–Crippen MR) is 82.8 cm³/mol. The molecule has 0 bridgehead atoms. The van der Waals surface area contributed by atoms with Crippen LogP contribution in [0.2, 0.25) is 0 Å². The first-order valence-corrected chi connectivity index (χ1v) is 6.59. The fourth-order valence-corrected chi connectivity index (χ4v) is 1.95. The van der Waals surface area contributed by atoms with Crippen LogP contribution < -0.4 is 16.8 Å². The van der Waals surface area contributed by atoms with E-state index in [-0.39, 0.29) is 5.91 Å². The molecular formula is C16H17N3O2. The van der Waals surface area contributed by atoms with Gasteiger partial charge in [0.15, 0.2) is 0 Å². The Morgan fingerprint density at radius 3 is 2.38 bits per heavy atom. The quantitative estimate of drug-likeness (QED) is 0.731. The highest BCUT2D eigenvalue weighted by Crippen LogP contribution is 2.12. The molecule has 2 aromatic carbocycles. The summed E-state index contributed by atoms with van der Waals surface area (Å²) in [5.41, 5.74) is 13.6. The molecule has 2 aromatic rings. The number of anilines is 2. The van der Waals surface area contributed by atoms with Crippen molar-refractivity contribution in [3.05, 3.63) is 59.7 Å². The average Bonchev–Trinajstić information content (AvgIpc) is 2.46. The van der Waals surface area contributed by atoms with Crippen LogP contribution in [0.4, 0.5) is 11.4 Å². The Kier molecular flexibility index (Phi) is 4.56. The highest BCUT2D eigenvalue weighted by molar-refractivity contribution is 5.94. The van der Waals surface area contributed by atoms with Crippen LogP contribution in [0.3, 0.4) is 0 Å². The molecule has 21 heavy (non-hydrogen) atoms. The summed E-state index contributed by atoms with van der Waals surface area (Å²) in [4.78, 5) is 22.8. The number of amides is 2. The second-order valence-corrected chi connectivity index (χ2v) is 4.73. The highest BCUT2D eigenvalue weighted by atomic mass is 16.1. The minimum Gasteiger partial charge on any atom is -0.399 e. The van der Waals surface area contributed by atoms with Gasteiger partial charge in [-0.15, -0.1) is 0 Å². The third-order valence-electron chi connectivity index (χ3n) is 3.04. The van der Waals surface area contributed by atoms with Gasteiger partial charge < -0.3 is 16.8 Å². The summed E-state index contributed by atoms with van der Waals surface area (Å²) in [6.07, 6.45) is 0.983. The van der Waals surface area contributed by atoms with Gasteiger partial charge in [-0.25, -0.2) is 0 Å². The van der Waals surface area contributed by atoms with Gasteiger partial charge in [0.05, 0.1) is 0 Å². The third-order valence-corrected chi connectivity index (χ3v) is 3.04. The molecule has 0 saturated heterocycles. The molecule has 0 atom stereocenters. The van der Waals surface area contributed by atoms with Crippen molar-refractivity contribution >= 4 is 23.2 Å². The van der Waals surface area contributed by atoms with Gasteiger partial charge in [-0.3, -0.25) is 9.59 Å². The first kappa shape index (κ1) is 14.6. The van der Waals surface area contributed by atoms with Gasteiger partial charge in [0, 0.05) is 23.4 Å². The minimum absolute atomic E-state index is 0.0933. The number of carbonyl (C=O) groups is 2. The molecule has 0 saturated carbocycles. The average molecular weight is 283 g/mol. The number of hydrogen-bond donors (Lipinski definition) is 3. The van der Waals surface area contributed by atoms with Crippen LogP contribution in [0.5, 0.6) is 0 Å². The van der Waals surface area contributed by atoms with E-state index in [9.17, 15) is 9.59 Å². The van der Waals surface area contributed by atoms with Crippen molar-refractivity contribution in [3.63, 3.8) is 0 Å². The molecule has 108 valence electrons. The number of nitrogens with two attached hydrogens (primary N) is 2. The molecule has 0 aliphatic heterocycles. The van der Waals surface area contributed by atoms with Gasteiger partial charge in [-0.2, -0.15) is 0 Å². The van der Waals surface area contributed by atoms with Gasteiger partial charge in [0.1, 0.15) is 0 Å². The van der Waals surface area contributed by atoms with Gasteiger partial charge in [0.2, 0.25) is 11.8 Å². The molecule has 0 aromatic heterocycles. The van der Waals surface area contributed by atoms with Gasteiger partial charge >= 0.3 is 0 Å². The molecule has 0 spiro atoms. The zero-order chi connectivity index (χ0) is 15.2. The van der Waals surface area contributed by atoms with Crippen molar-refractivity contribution in [2.75, 3.05) is 11.1 Å². The second kappa shape index (κ2) is 6.56. The maximum atomic E-state index is 11.9. The second-order valence-electron chi connectivity index (χ2n) is 4.73. The maximum Gasteiger partial charge on any atom is 0.248 e. The molecule has 0 unspecified atom stereocenters. The number of hydrogen-bond acceptors (Lipinski definition) is 3. The Labute approximate surface area is 123 Å². The van der Waals surface area contributed by atoms with E-state index in [2.05, 4.69) is 5.32 Å². The zero-order valence-electron chi connectivity index (χ0n) is 11.5. The van der Waals surface area contributed by atoms with E-state index in [1.807, 2.05) is 24.3 Å². The van der Waals surface area contributed by atoms with E-state index in [0.717, 1.165) is 5.56 Å². The van der Waals surface area contributed by atoms with Crippen molar-refractivity contribution in [3.8, 4) is 0 Å². The largest absolute Gasteiger partial charge is 0.399 e. The maximum absolute atomic E-state index is 11.9. The Balaban J connectivity index is 1.88. The Morgan fingerprint density at radius 2 is 1.76 bits per heavy atom. The zero-order valence-corrected chi connectivity index (χ0v) is 11.5. The molecule has 0 heterocycles. The van der Waals surface area contributed by atoms with Crippen molar-refractivity contribution in [2.45, 2.75) is 12.8 Å². The van der Waals surface area contributed by atoms with Crippen LogP contribution in [0.15, 0.2) is 48.5 Å². The van der Waals surface area contributed by atoms with Crippen LogP contribution in [-0.4, -0.2) is 11.8 Å². The number of rotatable bonds is 5. The Morgan fingerprint density at radius 1 is 1.05 bits per heavy atom. The molecular weight excluding hydrogens is 266 g/mol. The highest BCUT2D eigenvalue weighted by Gasteiger charge is 2.05. The van der Waals surface area contributed by atoms with E-state index in [1.54, 1.807) is 24.3 Å². The molecule has 0 radical (unpaired) electrons. The van der Waals surface area contributed by atoms with Crippen LogP contribution >= 0.6 is 0 Å². The fraction of sp³-hybridized carbons (Fsp3) is 0.125. The summed E-state index contributed by atoms with van der Waals surface area (Å²) in [6, 6.07) is 13.9. The normalized spacial score (nSPS) is 10.1. The van der Waals surface area contributed by atoms with Gasteiger partial charge in [-0.1, -0.05) is 12.1 Å². The molecule has 5 nitrogen and oxygen atoms in total. The lowest BCUT2D eigenvalue weighted by Gasteiger charge is -2.06. The van der Waals surface area contributed by atoms with Crippen molar-refractivity contribution < 1.29 is 9.59 Å². The van der Waals surface area contributed by atoms with E-state index in [0.29, 0.717) is 29.8 Å². The van der Waals surface area contributed by atoms with E-state index < -0.39 is 5.91 Å². The Hall–Kier alpha value is -2.82. The van der Waals surface area contributed by atoms with E-state index >= 15 is 0 Å². The smallest absolute Gasteiger partial charge is 0.248 e. The molecule has 0 fully saturated rings. The summed E-state index contributed by atoms with van der Waals surface area (Å²) in [5, 5.41) is 2.77. The topological polar surface area (TPSA) is 98.2 Å². The lowest BCUT2D eigenvalue weighted by atomic mass is 10.1. The molecule has 0 aliphatic rings. The number of aryl methyl sites for hydroxylation is 1. The van der Waals surface area contributed by atoms with E-state index in [4.69, 9.17) is 11.5 Å². The predicted octanol–water partition coefficient (Wildman–Crippen LogP) is 1.94. The summed E-state index contributed by atoms with van der Waals surface area (Å²) in [6.45, 7) is 0. The number of primary amides is 1. The van der Waals surface area contributed by atoms with Crippen molar-refractivity contribution in [1.82, 2.24) is 0 Å². The third kappa shape index (κ3) is 4.35. The first-order valence-electron chi connectivity index (χ1n) is 6.59. The summed E-state index contributed by atoms with van der Waals surface area (Å²) < 4.78 is 0. The summed E-state index contributed by atoms with van der Waals surface area (Å²) >= 11 is 0. The van der Waals surface area contributed by atoms with Crippen LogP contribution in [0.25, 0.3) is 0 Å². The molecule has 2 rings (SSSR count). The lowest BCUT2D eigenvalue weighted by molar-refractivity contribution is -0.116. The van der Waals surface area contributed by atoms with Crippen LogP contribution in [0, 0.1) is 0 Å². The number of benzene rings is 2. The number of nitrogens with one attached hydrogen (secondary N) is 1. The summed E-state index contributed by atoms with van der Waals surface area (Å²) in [5.74, 6) is -0.584. The van der Waals surface area contributed by atoms with Crippen LogP contribution in [-0.2, 0) is 11.2 Å². The monoisotopic (exact) mass is 283 g/mol. The van der Waals surface area contributed by atoms with E-state index in [1.165, 1.54) is 0 Å². The fourth-order valence-electron chi connectivity index (χ4n) is 1.95. The van der Waals surface area contributed by atoms with Gasteiger partial charge in [-0.05, 0) is 48.4 Å².